The third-order valence-corrected chi connectivity index (χ3v) is 2.82. The summed E-state index contributed by atoms with van der Waals surface area (Å²) in [4.78, 5) is 36.1. The fourth-order valence-electron chi connectivity index (χ4n) is 1.94. The van der Waals surface area contributed by atoms with Crippen molar-refractivity contribution in [3.8, 4) is 0 Å². The number of amides is 2. The van der Waals surface area contributed by atoms with Gasteiger partial charge in [0, 0.05) is 24.4 Å². The number of imide groups is 1. The van der Waals surface area contributed by atoms with Crippen LogP contribution in [0.15, 0.2) is 18.0 Å². The van der Waals surface area contributed by atoms with Gasteiger partial charge in [-0.3, -0.25) is 24.0 Å². The Balaban J connectivity index is 2.12. The number of rotatable bonds is 4. The maximum Gasteiger partial charge on any atom is 0.326 e. The van der Waals surface area contributed by atoms with Crippen LogP contribution in [0.1, 0.15) is 18.9 Å². The highest BCUT2D eigenvalue weighted by molar-refractivity contribution is 6.16. The van der Waals surface area contributed by atoms with Gasteiger partial charge in [0.2, 0.25) is 5.91 Å². The van der Waals surface area contributed by atoms with Crippen LogP contribution in [0.2, 0.25) is 0 Å². The highest BCUT2D eigenvalue weighted by Crippen LogP contribution is 2.21. The molecule has 1 aromatic heterocycles. The van der Waals surface area contributed by atoms with Crippen molar-refractivity contribution in [1.82, 2.24) is 14.7 Å². The van der Waals surface area contributed by atoms with Crippen molar-refractivity contribution < 1.29 is 19.1 Å². The van der Waals surface area contributed by atoms with Crippen molar-refractivity contribution >= 4 is 23.9 Å². The maximum absolute atomic E-state index is 12.1. The molecular formula is C13H15N3O4. The summed E-state index contributed by atoms with van der Waals surface area (Å²) in [7, 11) is 1.76. The maximum atomic E-state index is 12.1. The number of aryl methyl sites for hydroxylation is 1. The number of esters is 1. The normalized spacial score (nSPS) is 17.1. The Morgan fingerprint density at radius 2 is 2.25 bits per heavy atom. The predicted octanol–water partition coefficient (Wildman–Crippen LogP) is 0.125. The van der Waals surface area contributed by atoms with Crippen LogP contribution < -0.4 is 0 Å². The lowest BCUT2D eigenvalue weighted by molar-refractivity contribution is -0.151. The number of hydrogen-bond donors (Lipinski definition) is 0. The molecule has 1 aliphatic rings. The van der Waals surface area contributed by atoms with E-state index < -0.39 is 17.8 Å². The van der Waals surface area contributed by atoms with Gasteiger partial charge in [0.25, 0.3) is 5.91 Å². The number of carbonyl (C=O) groups is 3. The van der Waals surface area contributed by atoms with Crippen molar-refractivity contribution in [1.29, 1.82) is 0 Å². The van der Waals surface area contributed by atoms with Crippen LogP contribution in [0.3, 0.4) is 0 Å². The van der Waals surface area contributed by atoms with E-state index in [1.165, 1.54) is 0 Å². The second-order valence-electron chi connectivity index (χ2n) is 4.38. The number of likely N-dealkylation sites (tertiary alicyclic amines) is 1. The van der Waals surface area contributed by atoms with Crippen molar-refractivity contribution in [2.75, 3.05) is 13.2 Å². The molecule has 106 valence electrons. The fourth-order valence-corrected chi connectivity index (χ4v) is 1.94. The van der Waals surface area contributed by atoms with Crippen LogP contribution in [0.4, 0.5) is 0 Å². The van der Waals surface area contributed by atoms with Crippen molar-refractivity contribution in [2.45, 2.75) is 13.3 Å². The minimum atomic E-state index is -0.586. The Morgan fingerprint density at radius 1 is 1.50 bits per heavy atom. The van der Waals surface area contributed by atoms with Crippen molar-refractivity contribution in [3.05, 3.63) is 23.5 Å². The average molecular weight is 277 g/mol. The zero-order valence-electron chi connectivity index (χ0n) is 11.3. The fraction of sp³-hybridized carbons (Fsp3) is 0.385. The van der Waals surface area contributed by atoms with Gasteiger partial charge in [-0.1, -0.05) is 0 Å². The first-order valence-corrected chi connectivity index (χ1v) is 6.20. The SMILES string of the molecule is CCOC(=O)CN1C(=O)C/C(=C\c2cnn(C)c2)C1=O. The molecule has 0 radical (unpaired) electrons. The first-order chi connectivity index (χ1) is 9.51. The minimum Gasteiger partial charge on any atom is -0.465 e. The molecule has 1 fully saturated rings. The molecule has 1 saturated heterocycles. The topological polar surface area (TPSA) is 81.5 Å². The molecule has 0 bridgehead atoms. The van der Waals surface area contributed by atoms with E-state index >= 15 is 0 Å². The second-order valence-corrected chi connectivity index (χ2v) is 4.38. The van der Waals surface area contributed by atoms with Crippen molar-refractivity contribution in [3.63, 3.8) is 0 Å². The smallest absolute Gasteiger partial charge is 0.326 e. The summed E-state index contributed by atoms with van der Waals surface area (Å²) in [6.07, 6.45) is 4.93. The number of carbonyl (C=O) groups excluding carboxylic acids is 3. The van der Waals surface area contributed by atoms with Gasteiger partial charge in [-0.15, -0.1) is 0 Å². The van der Waals surface area contributed by atoms with E-state index in [1.54, 1.807) is 37.1 Å². The highest BCUT2D eigenvalue weighted by atomic mass is 16.5. The Labute approximate surface area is 115 Å². The monoisotopic (exact) mass is 277 g/mol. The van der Waals surface area contributed by atoms with Crippen molar-refractivity contribution in [2.24, 2.45) is 7.05 Å². The van der Waals surface area contributed by atoms with Gasteiger partial charge in [-0.25, -0.2) is 0 Å². The molecule has 2 heterocycles. The van der Waals surface area contributed by atoms with Crippen LogP contribution in [0, 0.1) is 0 Å². The van der Waals surface area contributed by atoms with Crippen LogP contribution in [0.25, 0.3) is 6.08 Å². The van der Waals surface area contributed by atoms with Gasteiger partial charge >= 0.3 is 5.97 Å². The highest BCUT2D eigenvalue weighted by Gasteiger charge is 2.35. The van der Waals surface area contributed by atoms with Gasteiger partial charge in [0.15, 0.2) is 0 Å². The van der Waals surface area contributed by atoms with Gasteiger partial charge in [-0.2, -0.15) is 5.10 Å². The third-order valence-electron chi connectivity index (χ3n) is 2.82. The standard InChI is InChI=1S/C13H15N3O4/c1-3-20-12(18)8-16-11(17)5-10(13(16)19)4-9-6-14-15(2)7-9/h4,6-7H,3,5,8H2,1-2H3/b10-4+. The quantitative estimate of drug-likeness (QED) is 0.444. The molecule has 0 saturated carbocycles. The first-order valence-electron chi connectivity index (χ1n) is 6.20. The van der Waals surface area contributed by atoms with E-state index in [-0.39, 0.29) is 19.6 Å². The van der Waals surface area contributed by atoms with E-state index in [0.717, 1.165) is 10.5 Å². The molecule has 0 unspecified atom stereocenters. The minimum absolute atomic E-state index is 0.00681. The molecule has 0 N–H and O–H groups in total. The van der Waals surface area contributed by atoms with Gasteiger partial charge < -0.3 is 4.74 Å². The molecule has 0 atom stereocenters. The largest absolute Gasteiger partial charge is 0.465 e. The molecule has 0 spiro atoms. The molecule has 1 aliphatic heterocycles. The number of nitrogens with zero attached hydrogens (tertiary/aromatic N) is 3. The molecule has 7 nitrogen and oxygen atoms in total. The van der Waals surface area contributed by atoms with E-state index in [4.69, 9.17) is 4.74 Å². The Morgan fingerprint density at radius 3 is 2.85 bits per heavy atom. The lowest BCUT2D eigenvalue weighted by Gasteiger charge is -2.11. The molecule has 2 amide bonds. The second kappa shape index (κ2) is 5.68. The number of aromatic nitrogens is 2. The molecule has 20 heavy (non-hydrogen) atoms. The number of ether oxygens (including phenoxy) is 1. The van der Waals surface area contributed by atoms with E-state index in [1.807, 2.05) is 0 Å². The van der Waals surface area contributed by atoms with E-state index in [9.17, 15) is 14.4 Å². The Kier molecular flexibility index (Phi) is 3.97. The third kappa shape index (κ3) is 2.93. The summed E-state index contributed by atoms with van der Waals surface area (Å²) >= 11 is 0. The zero-order chi connectivity index (χ0) is 14.7. The van der Waals surface area contributed by atoms with Crippen LogP contribution in [-0.4, -0.2) is 45.6 Å². The Hall–Kier alpha value is -2.44. The van der Waals surface area contributed by atoms with Gasteiger partial charge in [-0.05, 0) is 13.0 Å². The van der Waals surface area contributed by atoms with E-state index in [2.05, 4.69) is 5.10 Å². The predicted molar refractivity (Wildman–Crippen MR) is 69.2 cm³/mol. The summed E-state index contributed by atoms with van der Waals surface area (Å²) in [5.74, 6) is -1.43. The summed E-state index contributed by atoms with van der Waals surface area (Å²) in [6, 6.07) is 0. The molecule has 1 aromatic rings. The van der Waals surface area contributed by atoms with Crippen LogP contribution in [-0.2, 0) is 26.2 Å². The van der Waals surface area contributed by atoms with Crippen LogP contribution >= 0.6 is 0 Å². The van der Waals surface area contributed by atoms with Gasteiger partial charge in [0.1, 0.15) is 6.54 Å². The Bertz CT molecular complexity index is 588. The summed E-state index contributed by atoms with van der Waals surface area (Å²) in [6.45, 7) is 1.54. The average Bonchev–Trinajstić information content (AvgIpc) is 2.89. The first kappa shape index (κ1) is 14.0. The lowest BCUT2D eigenvalue weighted by atomic mass is 10.1. The van der Waals surface area contributed by atoms with Crippen LogP contribution in [0.5, 0.6) is 0 Å². The number of hydrogen-bond acceptors (Lipinski definition) is 5. The molecular weight excluding hydrogens is 262 g/mol. The van der Waals surface area contributed by atoms with E-state index in [0.29, 0.717) is 5.57 Å². The van der Waals surface area contributed by atoms with Gasteiger partial charge in [0.05, 0.1) is 19.2 Å². The lowest BCUT2D eigenvalue weighted by Crippen LogP contribution is -2.35. The zero-order valence-corrected chi connectivity index (χ0v) is 11.3. The summed E-state index contributed by atoms with van der Waals surface area (Å²) in [5, 5.41) is 3.98. The molecule has 0 aromatic carbocycles. The molecule has 0 aliphatic carbocycles. The summed E-state index contributed by atoms with van der Waals surface area (Å²) in [5.41, 5.74) is 1.09. The molecule has 2 rings (SSSR count). The summed E-state index contributed by atoms with van der Waals surface area (Å²) < 4.78 is 6.34. The molecule has 7 heteroatoms.